The number of benzene rings is 2. The molecule has 0 radical (unpaired) electrons. The van der Waals surface area contributed by atoms with Crippen molar-refractivity contribution in [2.24, 2.45) is 0 Å². The molecule has 0 saturated heterocycles. The van der Waals surface area contributed by atoms with Gasteiger partial charge in [0, 0.05) is 31.9 Å². The Morgan fingerprint density at radius 2 is 1.86 bits per heavy atom. The zero-order valence-corrected chi connectivity index (χ0v) is 17.2. The van der Waals surface area contributed by atoms with Gasteiger partial charge < -0.3 is 9.42 Å². The largest absolute Gasteiger partial charge is 0.360 e. The molecule has 4 rings (SSSR count). The minimum Gasteiger partial charge on any atom is -0.360 e. The summed E-state index contributed by atoms with van der Waals surface area (Å²) in [5.41, 5.74) is 3.28. The molecule has 0 N–H and O–H groups in total. The number of hydrogen-bond acceptors (Lipinski definition) is 5. The van der Waals surface area contributed by atoms with Crippen molar-refractivity contribution in [1.82, 2.24) is 9.46 Å². The van der Waals surface area contributed by atoms with Crippen LogP contribution in [0.4, 0.5) is 5.69 Å². The van der Waals surface area contributed by atoms with Crippen molar-refractivity contribution < 1.29 is 17.7 Å². The number of anilines is 1. The average Bonchev–Trinajstić information content (AvgIpc) is 3.31. The summed E-state index contributed by atoms with van der Waals surface area (Å²) in [6.45, 7) is 2.19. The zero-order chi connectivity index (χ0) is 20.8. The molecule has 1 aromatic heterocycles. The van der Waals surface area contributed by atoms with Crippen LogP contribution in [-0.2, 0) is 16.4 Å². The fourth-order valence-electron chi connectivity index (χ4n) is 3.51. The van der Waals surface area contributed by atoms with Crippen LogP contribution in [-0.4, -0.2) is 44.4 Å². The maximum absolute atomic E-state index is 13.4. The monoisotopic (exact) mass is 411 g/mol. The SMILES string of the molecule is Cc1onc(-c2ccccc2)c1C(=O)N1CCc2cc(S(=O)(=O)N(C)C)ccc21. The fourth-order valence-corrected chi connectivity index (χ4v) is 4.47. The van der Waals surface area contributed by atoms with E-state index in [1.54, 1.807) is 30.0 Å². The van der Waals surface area contributed by atoms with Gasteiger partial charge in [-0.3, -0.25) is 4.79 Å². The Bertz CT molecular complexity index is 1180. The van der Waals surface area contributed by atoms with Gasteiger partial charge in [-0.2, -0.15) is 0 Å². The summed E-state index contributed by atoms with van der Waals surface area (Å²) in [5.74, 6) is 0.249. The molecule has 7 nitrogen and oxygen atoms in total. The normalized spacial score (nSPS) is 13.7. The van der Waals surface area contributed by atoms with E-state index in [0.717, 1.165) is 11.1 Å². The predicted octanol–water partition coefficient (Wildman–Crippen LogP) is 3.10. The van der Waals surface area contributed by atoms with Gasteiger partial charge in [-0.1, -0.05) is 35.5 Å². The van der Waals surface area contributed by atoms with Gasteiger partial charge in [0.1, 0.15) is 17.0 Å². The number of sulfonamides is 1. The molecular formula is C21H21N3O4S. The van der Waals surface area contributed by atoms with Crippen molar-refractivity contribution in [3.63, 3.8) is 0 Å². The number of amides is 1. The van der Waals surface area contributed by atoms with Crippen LogP contribution in [0.5, 0.6) is 0 Å². The summed E-state index contributed by atoms with van der Waals surface area (Å²) >= 11 is 0. The molecule has 2 aromatic carbocycles. The molecular weight excluding hydrogens is 390 g/mol. The Hall–Kier alpha value is -2.97. The Balaban J connectivity index is 1.72. The van der Waals surface area contributed by atoms with Crippen molar-refractivity contribution in [2.45, 2.75) is 18.2 Å². The molecule has 0 spiro atoms. The lowest BCUT2D eigenvalue weighted by Gasteiger charge is -2.18. The van der Waals surface area contributed by atoms with E-state index in [9.17, 15) is 13.2 Å². The van der Waals surface area contributed by atoms with Crippen LogP contribution in [0.2, 0.25) is 0 Å². The van der Waals surface area contributed by atoms with Gasteiger partial charge in [0.15, 0.2) is 0 Å². The molecule has 29 heavy (non-hydrogen) atoms. The van der Waals surface area contributed by atoms with Gasteiger partial charge in [-0.25, -0.2) is 12.7 Å². The smallest absolute Gasteiger partial charge is 0.264 e. The molecule has 150 valence electrons. The molecule has 1 aliphatic heterocycles. The molecule has 0 aliphatic carbocycles. The van der Waals surface area contributed by atoms with Crippen molar-refractivity contribution in [2.75, 3.05) is 25.5 Å². The highest BCUT2D eigenvalue weighted by atomic mass is 32.2. The van der Waals surface area contributed by atoms with E-state index in [4.69, 9.17) is 4.52 Å². The first-order valence-corrected chi connectivity index (χ1v) is 10.6. The topological polar surface area (TPSA) is 83.7 Å². The van der Waals surface area contributed by atoms with E-state index in [0.29, 0.717) is 35.7 Å². The van der Waals surface area contributed by atoms with Crippen molar-refractivity contribution in [1.29, 1.82) is 0 Å². The number of nitrogens with zero attached hydrogens (tertiary/aromatic N) is 3. The maximum Gasteiger partial charge on any atom is 0.264 e. The Labute approximate surface area is 169 Å². The second-order valence-corrected chi connectivity index (χ2v) is 9.26. The third kappa shape index (κ3) is 3.24. The second-order valence-electron chi connectivity index (χ2n) is 7.11. The highest BCUT2D eigenvalue weighted by molar-refractivity contribution is 7.89. The minimum absolute atomic E-state index is 0.204. The molecule has 0 fully saturated rings. The third-order valence-corrected chi connectivity index (χ3v) is 6.91. The molecule has 0 bridgehead atoms. The Morgan fingerprint density at radius 1 is 1.14 bits per heavy atom. The van der Waals surface area contributed by atoms with E-state index in [1.807, 2.05) is 30.3 Å². The first-order chi connectivity index (χ1) is 13.8. The van der Waals surface area contributed by atoms with Crippen LogP contribution in [0, 0.1) is 6.92 Å². The lowest BCUT2D eigenvalue weighted by atomic mass is 10.1. The van der Waals surface area contributed by atoms with Gasteiger partial charge in [-0.15, -0.1) is 0 Å². The van der Waals surface area contributed by atoms with Crippen LogP contribution in [0.3, 0.4) is 0 Å². The van der Waals surface area contributed by atoms with E-state index >= 15 is 0 Å². The first-order valence-electron chi connectivity index (χ1n) is 9.19. The molecule has 0 unspecified atom stereocenters. The second kappa shape index (κ2) is 7.13. The van der Waals surface area contributed by atoms with Crippen molar-refractivity contribution in [3.8, 4) is 11.3 Å². The minimum atomic E-state index is -3.52. The summed E-state index contributed by atoms with van der Waals surface area (Å²) < 4.78 is 31.3. The fraction of sp³-hybridized carbons (Fsp3) is 0.238. The van der Waals surface area contributed by atoms with E-state index < -0.39 is 10.0 Å². The summed E-state index contributed by atoms with van der Waals surface area (Å²) in [4.78, 5) is 15.3. The number of carbonyl (C=O) groups excluding carboxylic acids is 1. The van der Waals surface area contributed by atoms with Crippen LogP contribution < -0.4 is 4.90 Å². The number of rotatable bonds is 4. The number of fused-ring (bicyclic) bond motifs is 1. The van der Waals surface area contributed by atoms with Crippen molar-refractivity contribution in [3.05, 3.63) is 65.4 Å². The Morgan fingerprint density at radius 3 is 2.55 bits per heavy atom. The van der Waals surface area contributed by atoms with E-state index in [2.05, 4.69) is 5.16 Å². The maximum atomic E-state index is 13.4. The Kier molecular flexibility index (Phi) is 4.76. The van der Waals surface area contributed by atoms with Gasteiger partial charge in [-0.05, 0) is 37.1 Å². The van der Waals surface area contributed by atoms with Gasteiger partial charge in [0.25, 0.3) is 5.91 Å². The number of aromatic nitrogens is 1. The van der Waals surface area contributed by atoms with Crippen LogP contribution in [0.15, 0.2) is 57.9 Å². The average molecular weight is 411 g/mol. The molecule has 0 atom stereocenters. The predicted molar refractivity (Wildman–Crippen MR) is 109 cm³/mol. The molecule has 1 amide bonds. The standard InChI is InChI=1S/C21H21N3O4S/c1-14-19(20(22-28-14)15-7-5-4-6-8-15)21(25)24-12-11-16-13-17(9-10-18(16)24)29(26,27)23(2)3/h4-10,13H,11-12H2,1-3H3. The molecule has 0 saturated carbocycles. The first kappa shape index (κ1) is 19.4. The van der Waals surface area contributed by atoms with Crippen LogP contribution in [0.1, 0.15) is 21.7 Å². The lowest BCUT2D eigenvalue weighted by molar-refractivity contribution is 0.0988. The number of carbonyl (C=O) groups is 1. The summed E-state index contributed by atoms with van der Waals surface area (Å²) in [5, 5.41) is 4.09. The lowest BCUT2D eigenvalue weighted by Crippen LogP contribution is -2.29. The number of aryl methyl sites for hydroxylation is 1. The highest BCUT2D eigenvalue weighted by Gasteiger charge is 2.32. The zero-order valence-electron chi connectivity index (χ0n) is 16.4. The molecule has 1 aliphatic rings. The van der Waals surface area contributed by atoms with Gasteiger partial charge in [0.2, 0.25) is 10.0 Å². The number of hydrogen-bond donors (Lipinski definition) is 0. The van der Waals surface area contributed by atoms with Gasteiger partial charge >= 0.3 is 0 Å². The van der Waals surface area contributed by atoms with Crippen molar-refractivity contribution >= 4 is 21.6 Å². The third-order valence-electron chi connectivity index (χ3n) is 5.09. The quantitative estimate of drug-likeness (QED) is 0.659. The molecule has 2 heterocycles. The molecule has 8 heteroatoms. The summed E-state index contributed by atoms with van der Waals surface area (Å²) in [7, 11) is -0.528. The van der Waals surface area contributed by atoms with E-state index in [-0.39, 0.29) is 10.8 Å². The van der Waals surface area contributed by atoms with Gasteiger partial charge in [0.05, 0.1) is 4.90 Å². The van der Waals surface area contributed by atoms with Crippen LogP contribution in [0.25, 0.3) is 11.3 Å². The van der Waals surface area contributed by atoms with Crippen LogP contribution >= 0.6 is 0 Å². The summed E-state index contributed by atoms with van der Waals surface area (Å²) in [6, 6.07) is 14.3. The summed E-state index contributed by atoms with van der Waals surface area (Å²) in [6.07, 6.45) is 0.586. The molecule has 3 aromatic rings. The van der Waals surface area contributed by atoms with E-state index in [1.165, 1.54) is 18.4 Å². The highest BCUT2D eigenvalue weighted by Crippen LogP contribution is 2.34.